The van der Waals surface area contributed by atoms with Crippen LogP contribution in [0.4, 0.5) is 0 Å². The van der Waals surface area contributed by atoms with Gasteiger partial charge in [0, 0.05) is 18.7 Å². The summed E-state index contributed by atoms with van der Waals surface area (Å²) in [6, 6.07) is 10.1. The van der Waals surface area contributed by atoms with E-state index >= 15 is 0 Å². The van der Waals surface area contributed by atoms with Crippen molar-refractivity contribution in [3.05, 3.63) is 48.0 Å². The fourth-order valence-corrected chi connectivity index (χ4v) is 2.07. The number of carbonyl (C=O) groups excluding carboxylic acids is 1. The molecule has 1 saturated heterocycles. The van der Waals surface area contributed by atoms with Crippen LogP contribution >= 0.6 is 0 Å². The van der Waals surface area contributed by atoms with E-state index in [1.54, 1.807) is 0 Å². The lowest BCUT2D eigenvalue weighted by atomic mass is 10.1. The van der Waals surface area contributed by atoms with Crippen LogP contribution in [0.5, 0.6) is 0 Å². The number of nitrogens with zero attached hydrogens (tertiary/aromatic N) is 1. The number of benzene rings is 1. The van der Waals surface area contributed by atoms with Crippen LogP contribution in [0.1, 0.15) is 18.4 Å². The van der Waals surface area contributed by atoms with Gasteiger partial charge in [0.2, 0.25) is 5.91 Å². The van der Waals surface area contributed by atoms with Crippen molar-refractivity contribution in [1.82, 2.24) is 4.90 Å². The van der Waals surface area contributed by atoms with Gasteiger partial charge in [-0.2, -0.15) is 0 Å². The van der Waals surface area contributed by atoms with Crippen molar-refractivity contribution in [3.8, 4) is 0 Å². The highest BCUT2D eigenvalue weighted by Crippen LogP contribution is 2.14. The number of carbonyl (C=O) groups is 1. The smallest absolute Gasteiger partial charge is 0.249 e. The molecule has 2 rings (SSSR count). The third kappa shape index (κ3) is 3.44. The molecule has 0 aromatic heterocycles. The van der Waals surface area contributed by atoms with Gasteiger partial charge < -0.3 is 9.64 Å². The van der Waals surface area contributed by atoms with Gasteiger partial charge in [-0.05, 0) is 18.4 Å². The lowest BCUT2D eigenvalue weighted by molar-refractivity contribution is -0.129. The van der Waals surface area contributed by atoms with Gasteiger partial charge in [-0.1, -0.05) is 36.9 Å². The Morgan fingerprint density at radius 1 is 1.28 bits per heavy atom. The first kappa shape index (κ1) is 12.8. The molecule has 0 aliphatic carbocycles. The minimum absolute atomic E-state index is 0.0876. The summed E-state index contributed by atoms with van der Waals surface area (Å²) in [6.07, 6.45) is 1.85. The van der Waals surface area contributed by atoms with Crippen LogP contribution in [0.2, 0.25) is 0 Å². The molecule has 1 aliphatic heterocycles. The predicted octanol–water partition coefficient (Wildman–Crippen LogP) is 2.38. The Labute approximate surface area is 108 Å². The first-order chi connectivity index (χ1) is 8.77. The van der Waals surface area contributed by atoms with E-state index in [0.29, 0.717) is 19.8 Å². The summed E-state index contributed by atoms with van der Waals surface area (Å²) in [5.41, 5.74) is 1.89. The summed E-state index contributed by atoms with van der Waals surface area (Å²) in [7, 11) is 0. The molecule has 1 amide bonds. The standard InChI is InChI=1S/C15H19NO2/c1-13-6-5-9-16(15(13)17)10-11-18-12-14-7-3-2-4-8-14/h2-4,7-8H,1,5-6,9-12H2. The van der Waals surface area contributed by atoms with Gasteiger partial charge in [-0.3, -0.25) is 4.79 Å². The molecule has 0 atom stereocenters. The molecule has 3 heteroatoms. The van der Waals surface area contributed by atoms with E-state index in [2.05, 4.69) is 6.58 Å². The van der Waals surface area contributed by atoms with E-state index in [-0.39, 0.29) is 5.91 Å². The molecule has 0 unspecified atom stereocenters. The summed E-state index contributed by atoms with van der Waals surface area (Å²) < 4.78 is 5.58. The van der Waals surface area contributed by atoms with E-state index in [0.717, 1.165) is 30.5 Å². The maximum Gasteiger partial charge on any atom is 0.249 e. The zero-order valence-corrected chi connectivity index (χ0v) is 10.6. The number of hydrogen-bond donors (Lipinski definition) is 0. The Balaban J connectivity index is 1.69. The Bertz CT molecular complexity index is 414. The van der Waals surface area contributed by atoms with E-state index in [4.69, 9.17) is 4.74 Å². The Morgan fingerprint density at radius 2 is 2.06 bits per heavy atom. The number of piperidine rings is 1. The molecule has 18 heavy (non-hydrogen) atoms. The minimum Gasteiger partial charge on any atom is -0.375 e. The third-order valence-electron chi connectivity index (χ3n) is 3.11. The SMILES string of the molecule is C=C1CCCN(CCOCc2ccccc2)C1=O. The Kier molecular flexibility index (Phi) is 4.53. The first-order valence-corrected chi connectivity index (χ1v) is 6.36. The first-order valence-electron chi connectivity index (χ1n) is 6.36. The number of hydrogen-bond acceptors (Lipinski definition) is 2. The molecule has 3 nitrogen and oxygen atoms in total. The Morgan fingerprint density at radius 3 is 2.83 bits per heavy atom. The molecule has 1 aromatic rings. The molecule has 1 heterocycles. The maximum absolute atomic E-state index is 11.8. The van der Waals surface area contributed by atoms with Gasteiger partial charge in [0.1, 0.15) is 0 Å². The van der Waals surface area contributed by atoms with Crippen LogP contribution in [-0.4, -0.2) is 30.5 Å². The highest BCUT2D eigenvalue weighted by atomic mass is 16.5. The maximum atomic E-state index is 11.8. The van der Waals surface area contributed by atoms with Crippen LogP contribution < -0.4 is 0 Å². The van der Waals surface area contributed by atoms with Crippen molar-refractivity contribution in [3.63, 3.8) is 0 Å². The second kappa shape index (κ2) is 6.36. The molecule has 1 fully saturated rings. The monoisotopic (exact) mass is 245 g/mol. The van der Waals surface area contributed by atoms with Crippen molar-refractivity contribution < 1.29 is 9.53 Å². The van der Waals surface area contributed by atoms with Gasteiger partial charge in [0.05, 0.1) is 13.2 Å². The highest BCUT2D eigenvalue weighted by Gasteiger charge is 2.20. The van der Waals surface area contributed by atoms with E-state index in [1.807, 2.05) is 35.2 Å². The Hall–Kier alpha value is -1.61. The van der Waals surface area contributed by atoms with Crippen molar-refractivity contribution in [2.24, 2.45) is 0 Å². The second-order valence-corrected chi connectivity index (χ2v) is 4.54. The van der Waals surface area contributed by atoms with Crippen LogP contribution in [0.25, 0.3) is 0 Å². The normalized spacial score (nSPS) is 16.1. The second-order valence-electron chi connectivity index (χ2n) is 4.54. The number of ether oxygens (including phenoxy) is 1. The summed E-state index contributed by atoms with van der Waals surface area (Å²) in [5, 5.41) is 0. The summed E-state index contributed by atoms with van der Waals surface area (Å²) in [4.78, 5) is 13.6. The van der Waals surface area contributed by atoms with E-state index in [9.17, 15) is 4.79 Å². The largest absolute Gasteiger partial charge is 0.375 e. The fraction of sp³-hybridized carbons (Fsp3) is 0.400. The van der Waals surface area contributed by atoms with Gasteiger partial charge in [-0.25, -0.2) is 0 Å². The van der Waals surface area contributed by atoms with Crippen molar-refractivity contribution in [2.45, 2.75) is 19.4 Å². The topological polar surface area (TPSA) is 29.5 Å². The summed E-state index contributed by atoms with van der Waals surface area (Å²) in [5.74, 6) is 0.0876. The average molecular weight is 245 g/mol. The minimum atomic E-state index is 0.0876. The predicted molar refractivity (Wildman–Crippen MR) is 71.1 cm³/mol. The summed E-state index contributed by atoms with van der Waals surface area (Å²) in [6.45, 7) is 6.45. The summed E-state index contributed by atoms with van der Waals surface area (Å²) >= 11 is 0. The molecule has 96 valence electrons. The molecule has 0 spiro atoms. The fourth-order valence-electron chi connectivity index (χ4n) is 2.07. The molecular weight excluding hydrogens is 226 g/mol. The van der Waals surface area contributed by atoms with Crippen molar-refractivity contribution in [1.29, 1.82) is 0 Å². The molecular formula is C15H19NO2. The van der Waals surface area contributed by atoms with Crippen LogP contribution in [0, 0.1) is 0 Å². The third-order valence-corrected chi connectivity index (χ3v) is 3.11. The molecule has 0 bridgehead atoms. The van der Waals surface area contributed by atoms with Crippen LogP contribution in [0.3, 0.4) is 0 Å². The van der Waals surface area contributed by atoms with Gasteiger partial charge >= 0.3 is 0 Å². The van der Waals surface area contributed by atoms with Gasteiger partial charge in [-0.15, -0.1) is 0 Å². The van der Waals surface area contributed by atoms with Crippen molar-refractivity contribution in [2.75, 3.05) is 19.7 Å². The lowest BCUT2D eigenvalue weighted by Crippen LogP contribution is -2.38. The van der Waals surface area contributed by atoms with E-state index in [1.165, 1.54) is 0 Å². The van der Waals surface area contributed by atoms with Crippen LogP contribution in [0.15, 0.2) is 42.5 Å². The average Bonchev–Trinajstić information content (AvgIpc) is 2.40. The number of likely N-dealkylation sites (tertiary alicyclic amines) is 1. The lowest BCUT2D eigenvalue weighted by Gasteiger charge is -2.27. The molecule has 0 saturated carbocycles. The van der Waals surface area contributed by atoms with Gasteiger partial charge in [0.25, 0.3) is 0 Å². The molecule has 0 radical (unpaired) electrons. The highest BCUT2D eigenvalue weighted by molar-refractivity contribution is 5.93. The molecule has 1 aliphatic rings. The van der Waals surface area contributed by atoms with Crippen LogP contribution in [-0.2, 0) is 16.1 Å². The van der Waals surface area contributed by atoms with Crippen molar-refractivity contribution >= 4 is 5.91 Å². The quantitative estimate of drug-likeness (QED) is 0.589. The number of rotatable bonds is 5. The molecule has 1 aromatic carbocycles. The zero-order chi connectivity index (χ0) is 12.8. The van der Waals surface area contributed by atoms with Gasteiger partial charge in [0.15, 0.2) is 0 Å². The zero-order valence-electron chi connectivity index (χ0n) is 10.6. The number of amides is 1. The van der Waals surface area contributed by atoms with E-state index < -0.39 is 0 Å². The molecule has 0 N–H and O–H groups in total.